The first-order chi connectivity index (χ1) is 8.46. The third-order valence-corrected chi connectivity index (χ3v) is 3.94. The molecular weight excluding hydrogens is 363 g/mol. The van der Waals surface area contributed by atoms with Gasteiger partial charge in [0.15, 0.2) is 5.60 Å². The van der Waals surface area contributed by atoms with E-state index in [1.807, 2.05) is 12.1 Å². The fourth-order valence-corrected chi connectivity index (χ4v) is 2.77. The molecule has 0 heterocycles. The van der Waals surface area contributed by atoms with Gasteiger partial charge in [-0.3, -0.25) is 0 Å². The van der Waals surface area contributed by atoms with Gasteiger partial charge in [0.05, 0.1) is 0 Å². The smallest absolute Gasteiger partial charge is 0.255 e. The van der Waals surface area contributed by atoms with Crippen molar-refractivity contribution in [1.29, 1.82) is 0 Å². The number of hydrogen-bond donors (Lipinski definition) is 1. The summed E-state index contributed by atoms with van der Waals surface area (Å²) in [4.78, 5) is 0. The molecule has 0 aromatic heterocycles. The molecule has 0 atom stereocenters. The van der Waals surface area contributed by atoms with Crippen LogP contribution in [0.3, 0.4) is 0 Å². The van der Waals surface area contributed by atoms with Crippen molar-refractivity contribution in [3.8, 4) is 0 Å². The number of rotatable bonds is 3. The monoisotopic (exact) mass is 372 g/mol. The maximum Gasteiger partial charge on any atom is 0.255 e. The minimum atomic E-state index is -2.16. The van der Waals surface area contributed by atoms with Crippen LogP contribution in [0.15, 0.2) is 60.7 Å². The van der Waals surface area contributed by atoms with Gasteiger partial charge in [-0.2, -0.15) is 0 Å². The van der Waals surface area contributed by atoms with E-state index in [-0.39, 0.29) is 0 Å². The summed E-state index contributed by atoms with van der Waals surface area (Å²) < 4.78 is 12.2. The van der Waals surface area contributed by atoms with E-state index in [0.717, 1.165) is 0 Å². The van der Waals surface area contributed by atoms with Crippen LogP contribution in [-0.2, 0) is 5.60 Å². The van der Waals surface area contributed by atoms with Crippen LogP contribution in [0.25, 0.3) is 0 Å². The normalized spacial score (nSPS) is 12.4. The quantitative estimate of drug-likeness (QED) is 0.793. The Balaban J connectivity index is 2.63. The van der Waals surface area contributed by atoms with E-state index in [9.17, 15) is 9.50 Å². The van der Waals surface area contributed by atoms with Crippen LogP contribution in [0.1, 0.15) is 11.1 Å². The molecule has 2 aromatic rings. The van der Waals surface area contributed by atoms with Crippen LogP contribution in [0.4, 0.5) is 4.39 Å². The molecule has 0 unspecified atom stereocenters. The average Bonchev–Trinajstić information content (AvgIpc) is 2.38. The Morgan fingerprint density at radius 2 is 1.11 bits per heavy atom. The van der Waals surface area contributed by atoms with E-state index in [4.69, 9.17) is 0 Å². The molecule has 0 spiro atoms. The molecule has 1 nitrogen and oxygen atoms in total. The molecule has 0 radical (unpaired) electrons. The molecule has 94 valence electrons. The highest BCUT2D eigenvalue weighted by atomic mass is 79.9. The molecule has 1 N–H and O–H groups in total. The first-order valence-electron chi connectivity index (χ1n) is 5.36. The largest absolute Gasteiger partial charge is 0.375 e. The van der Waals surface area contributed by atoms with Crippen molar-refractivity contribution < 1.29 is 9.50 Å². The summed E-state index contributed by atoms with van der Waals surface area (Å²) in [6.07, 6.45) is 0. The van der Waals surface area contributed by atoms with Gasteiger partial charge in [-0.25, -0.2) is 4.39 Å². The highest BCUT2D eigenvalue weighted by Crippen LogP contribution is 2.49. The molecule has 18 heavy (non-hydrogen) atoms. The van der Waals surface area contributed by atoms with Gasteiger partial charge in [0, 0.05) is 0 Å². The lowest BCUT2D eigenvalue weighted by Crippen LogP contribution is -2.41. The number of alkyl halides is 3. The van der Waals surface area contributed by atoms with Crippen LogP contribution in [0.2, 0.25) is 0 Å². The van der Waals surface area contributed by atoms with Gasteiger partial charge < -0.3 is 5.11 Å². The Labute approximate surface area is 122 Å². The summed E-state index contributed by atoms with van der Waals surface area (Å²) in [7, 11) is 0. The highest BCUT2D eigenvalue weighted by molar-refractivity contribution is 9.25. The summed E-state index contributed by atoms with van der Waals surface area (Å²) in [6.45, 7) is 0. The van der Waals surface area contributed by atoms with Crippen molar-refractivity contribution in [2.75, 3.05) is 0 Å². The van der Waals surface area contributed by atoms with E-state index in [0.29, 0.717) is 11.1 Å². The van der Waals surface area contributed by atoms with Gasteiger partial charge in [0.25, 0.3) is 3.49 Å². The zero-order valence-electron chi connectivity index (χ0n) is 9.35. The second kappa shape index (κ2) is 5.11. The Morgan fingerprint density at radius 1 is 0.778 bits per heavy atom. The van der Waals surface area contributed by atoms with Gasteiger partial charge in [-0.1, -0.05) is 60.7 Å². The Bertz CT molecular complexity index is 469. The van der Waals surface area contributed by atoms with Crippen LogP contribution < -0.4 is 0 Å². The molecule has 4 heteroatoms. The zero-order chi connectivity index (χ0) is 13.2. The summed E-state index contributed by atoms with van der Waals surface area (Å²) in [5.41, 5.74) is -0.880. The maximum atomic E-state index is 14.4. The van der Waals surface area contributed by atoms with Gasteiger partial charge >= 0.3 is 0 Å². The molecule has 2 rings (SSSR count). The minimum absolute atomic E-state index is 0.465. The molecule has 0 amide bonds. The molecule has 0 aliphatic carbocycles. The van der Waals surface area contributed by atoms with Crippen molar-refractivity contribution in [2.45, 2.75) is 9.09 Å². The van der Waals surface area contributed by atoms with E-state index >= 15 is 0 Å². The second-order valence-electron chi connectivity index (χ2n) is 3.94. The van der Waals surface area contributed by atoms with Crippen LogP contribution >= 0.6 is 31.9 Å². The molecular formula is C14H11Br2FO. The lowest BCUT2D eigenvalue weighted by Gasteiger charge is -2.35. The van der Waals surface area contributed by atoms with Gasteiger partial charge in [-0.05, 0) is 43.0 Å². The summed E-state index contributed by atoms with van der Waals surface area (Å²) in [5, 5.41) is 10.8. The second-order valence-corrected chi connectivity index (χ2v) is 7.19. The zero-order valence-corrected chi connectivity index (χ0v) is 12.5. The van der Waals surface area contributed by atoms with Crippen molar-refractivity contribution >= 4 is 31.9 Å². The SMILES string of the molecule is OC(c1ccccc1)(c1ccccc1)C(F)(Br)Br. The van der Waals surface area contributed by atoms with Crippen molar-refractivity contribution in [2.24, 2.45) is 0 Å². The van der Waals surface area contributed by atoms with E-state index < -0.39 is 9.09 Å². The molecule has 0 saturated heterocycles. The molecule has 0 aliphatic heterocycles. The molecule has 0 fully saturated rings. The van der Waals surface area contributed by atoms with Gasteiger partial charge in [0.2, 0.25) is 0 Å². The third kappa shape index (κ3) is 2.37. The number of benzene rings is 2. The summed E-state index contributed by atoms with van der Waals surface area (Å²) in [6, 6.07) is 17.4. The number of hydrogen-bond acceptors (Lipinski definition) is 1. The highest BCUT2D eigenvalue weighted by Gasteiger charge is 2.50. The predicted octanol–water partition coefficient (Wildman–Crippen LogP) is 4.34. The molecule has 0 saturated carbocycles. The molecule has 2 aromatic carbocycles. The van der Waals surface area contributed by atoms with Crippen molar-refractivity contribution in [3.63, 3.8) is 0 Å². The van der Waals surface area contributed by atoms with E-state index in [2.05, 4.69) is 31.9 Å². The summed E-state index contributed by atoms with van der Waals surface area (Å²) in [5.74, 6) is 0. The van der Waals surface area contributed by atoms with E-state index in [1.165, 1.54) is 0 Å². The Kier molecular flexibility index (Phi) is 3.90. The van der Waals surface area contributed by atoms with E-state index in [1.54, 1.807) is 48.5 Å². The van der Waals surface area contributed by atoms with Crippen molar-refractivity contribution in [3.05, 3.63) is 71.8 Å². The first-order valence-corrected chi connectivity index (χ1v) is 6.95. The lowest BCUT2D eigenvalue weighted by atomic mass is 9.87. The molecule has 0 bridgehead atoms. The third-order valence-electron chi connectivity index (χ3n) is 2.79. The number of halogens is 3. The van der Waals surface area contributed by atoms with Crippen molar-refractivity contribution in [1.82, 2.24) is 0 Å². The Hall–Kier alpha value is -0.710. The Morgan fingerprint density at radius 3 is 1.39 bits per heavy atom. The van der Waals surface area contributed by atoms with Crippen LogP contribution in [0, 0.1) is 0 Å². The first kappa shape index (κ1) is 13.7. The minimum Gasteiger partial charge on any atom is -0.375 e. The fourth-order valence-electron chi connectivity index (χ4n) is 1.85. The lowest BCUT2D eigenvalue weighted by molar-refractivity contribution is 0.0265. The standard InChI is InChI=1S/C14H11Br2FO/c15-14(16,17)13(18,11-7-3-1-4-8-11)12-9-5-2-6-10-12/h1-10,18H. The van der Waals surface area contributed by atoms with Crippen LogP contribution in [-0.4, -0.2) is 8.59 Å². The molecule has 0 aliphatic rings. The predicted molar refractivity (Wildman–Crippen MR) is 77.6 cm³/mol. The summed E-state index contributed by atoms with van der Waals surface area (Å²) >= 11 is 5.75. The van der Waals surface area contributed by atoms with Crippen LogP contribution in [0.5, 0.6) is 0 Å². The number of aliphatic hydroxyl groups is 1. The van der Waals surface area contributed by atoms with Gasteiger partial charge in [-0.15, -0.1) is 0 Å². The maximum absolute atomic E-state index is 14.4. The van der Waals surface area contributed by atoms with Gasteiger partial charge in [0.1, 0.15) is 0 Å². The average molecular weight is 374 g/mol. The fraction of sp³-hybridized carbons (Fsp3) is 0.143. The topological polar surface area (TPSA) is 20.2 Å².